The lowest BCUT2D eigenvalue weighted by molar-refractivity contribution is 0.0451. The molecule has 0 N–H and O–H groups in total. The van der Waals surface area contributed by atoms with Crippen LogP contribution in [0.1, 0.15) is 27.9 Å². The van der Waals surface area contributed by atoms with E-state index in [1.54, 1.807) is 7.11 Å². The molecule has 5 heteroatoms. The van der Waals surface area contributed by atoms with Crippen molar-refractivity contribution in [1.29, 1.82) is 0 Å². The maximum absolute atomic E-state index is 12.6. The van der Waals surface area contributed by atoms with Crippen molar-refractivity contribution in [3.8, 4) is 0 Å². The van der Waals surface area contributed by atoms with Gasteiger partial charge in [-0.2, -0.15) is 0 Å². The first-order valence-corrected chi connectivity index (χ1v) is 8.33. The largest absolute Gasteiger partial charge is 0.381 e. The molecule has 0 bridgehead atoms. The summed E-state index contributed by atoms with van der Waals surface area (Å²) in [6, 6.07) is 5.95. The zero-order chi connectivity index (χ0) is 14.4. The second-order valence-electron chi connectivity index (χ2n) is 6.19. The van der Waals surface area contributed by atoms with Gasteiger partial charge in [-0.15, -0.1) is 11.8 Å². The lowest BCUT2D eigenvalue weighted by Gasteiger charge is -2.47. The molecule has 3 heterocycles. The predicted molar refractivity (Wildman–Crippen MR) is 81.4 cm³/mol. The number of rotatable bonds is 2. The SMILES string of the molecule is CO[C@@H]1CSC2(C1)CN(C(=O)c1ccc3c(c1)COC3)C2. The maximum Gasteiger partial charge on any atom is 0.253 e. The highest BCUT2D eigenvalue weighted by molar-refractivity contribution is 8.01. The van der Waals surface area contributed by atoms with E-state index >= 15 is 0 Å². The van der Waals surface area contributed by atoms with Crippen LogP contribution in [0.15, 0.2) is 18.2 Å². The maximum atomic E-state index is 12.6. The van der Waals surface area contributed by atoms with E-state index in [0.29, 0.717) is 19.3 Å². The summed E-state index contributed by atoms with van der Waals surface area (Å²) in [5, 5.41) is 0. The standard InChI is InChI=1S/C16H19NO3S/c1-19-14-5-16(21-8-14)9-17(10-16)15(18)11-2-3-12-6-20-7-13(12)4-11/h2-4,14H,5-10H2,1H3/t14-/m0/s1. The number of likely N-dealkylation sites (tertiary alicyclic amines) is 1. The highest BCUT2D eigenvalue weighted by Gasteiger charge is 2.50. The molecular weight excluding hydrogens is 286 g/mol. The minimum atomic E-state index is 0.150. The third-order valence-electron chi connectivity index (χ3n) is 4.72. The van der Waals surface area contributed by atoms with Crippen LogP contribution in [-0.4, -0.2) is 47.6 Å². The molecule has 0 unspecified atom stereocenters. The number of nitrogens with zero attached hydrogens (tertiary/aromatic N) is 1. The molecule has 1 aromatic rings. The summed E-state index contributed by atoms with van der Waals surface area (Å²) in [6.07, 6.45) is 1.42. The fourth-order valence-electron chi connectivity index (χ4n) is 3.45. The average molecular weight is 305 g/mol. The molecule has 0 radical (unpaired) electrons. The molecule has 2 fully saturated rings. The van der Waals surface area contributed by atoms with Crippen molar-refractivity contribution in [1.82, 2.24) is 4.90 Å². The quantitative estimate of drug-likeness (QED) is 0.838. The predicted octanol–water partition coefficient (Wildman–Crippen LogP) is 2.06. The van der Waals surface area contributed by atoms with Crippen LogP contribution >= 0.6 is 11.8 Å². The van der Waals surface area contributed by atoms with Crippen molar-refractivity contribution >= 4 is 17.7 Å². The Hall–Kier alpha value is -1.04. The summed E-state index contributed by atoms with van der Waals surface area (Å²) in [4.78, 5) is 14.5. The van der Waals surface area contributed by atoms with Crippen LogP contribution in [0.25, 0.3) is 0 Å². The van der Waals surface area contributed by atoms with Gasteiger partial charge >= 0.3 is 0 Å². The van der Waals surface area contributed by atoms with Crippen LogP contribution in [0.4, 0.5) is 0 Å². The number of amides is 1. The third-order valence-corrected chi connectivity index (χ3v) is 6.30. The summed E-state index contributed by atoms with van der Waals surface area (Å²) in [5.41, 5.74) is 3.16. The van der Waals surface area contributed by atoms with Crippen molar-refractivity contribution in [3.63, 3.8) is 0 Å². The van der Waals surface area contributed by atoms with E-state index in [2.05, 4.69) is 0 Å². The van der Waals surface area contributed by atoms with Gasteiger partial charge in [-0.05, 0) is 29.7 Å². The van der Waals surface area contributed by atoms with Gasteiger partial charge in [0, 0.05) is 31.5 Å². The Bertz CT molecular complexity index is 583. The fourth-order valence-corrected chi connectivity index (χ4v) is 5.05. The molecular formula is C16H19NO3S. The smallest absolute Gasteiger partial charge is 0.253 e. The molecule has 0 aromatic heterocycles. The van der Waals surface area contributed by atoms with E-state index in [4.69, 9.17) is 9.47 Å². The van der Waals surface area contributed by atoms with E-state index < -0.39 is 0 Å². The summed E-state index contributed by atoms with van der Waals surface area (Å²) in [7, 11) is 1.78. The molecule has 2 saturated heterocycles. The Morgan fingerprint density at radius 3 is 2.95 bits per heavy atom. The third kappa shape index (κ3) is 2.28. The number of ether oxygens (including phenoxy) is 2. The molecule has 4 nitrogen and oxygen atoms in total. The zero-order valence-electron chi connectivity index (χ0n) is 12.1. The first kappa shape index (κ1) is 13.6. The Kier molecular flexibility index (Phi) is 3.24. The average Bonchev–Trinajstić information content (AvgIpc) is 3.10. The van der Waals surface area contributed by atoms with E-state index in [0.717, 1.165) is 36.4 Å². The number of methoxy groups -OCH3 is 1. The zero-order valence-corrected chi connectivity index (χ0v) is 12.9. The second kappa shape index (κ2) is 5.00. The molecule has 0 saturated carbocycles. The summed E-state index contributed by atoms with van der Waals surface area (Å²) in [5.74, 6) is 1.20. The first-order chi connectivity index (χ1) is 10.2. The molecule has 1 amide bonds. The van der Waals surface area contributed by atoms with Gasteiger partial charge in [-0.1, -0.05) is 6.07 Å². The van der Waals surface area contributed by atoms with Crippen LogP contribution < -0.4 is 0 Å². The fraction of sp³-hybridized carbons (Fsp3) is 0.562. The van der Waals surface area contributed by atoms with Gasteiger partial charge in [0.25, 0.3) is 5.91 Å². The van der Waals surface area contributed by atoms with Gasteiger partial charge in [0.15, 0.2) is 0 Å². The lowest BCUT2D eigenvalue weighted by Crippen LogP contribution is -2.60. The summed E-state index contributed by atoms with van der Waals surface area (Å²) >= 11 is 1.96. The van der Waals surface area contributed by atoms with Gasteiger partial charge in [0.2, 0.25) is 0 Å². The first-order valence-electron chi connectivity index (χ1n) is 7.35. The van der Waals surface area contributed by atoms with Crippen LogP contribution in [0, 0.1) is 0 Å². The molecule has 3 aliphatic heterocycles. The minimum absolute atomic E-state index is 0.150. The van der Waals surface area contributed by atoms with Crippen molar-refractivity contribution in [2.24, 2.45) is 0 Å². The number of hydrogen-bond acceptors (Lipinski definition) is 4. The normalized spacial score (nSPS) is 26.0. The molecule has 0 aliphatic carbocycles. The minimum Gasteiger partial charge on any atom is -0.381 e. The number of carbonyl (C=O) groups is 1. The van der Waals surface area contributed by atoms with Crippen LogP contribution in [-0.2, 0) is 22.7 Å². The monoisotopic (exact) mass is 305 g/mol. The number of thioether (sulfide) groups is 1. The van der Waals surface area contributed by atoms with Crippen molar-refractivity contribution < 1.29 is 14.3 Å². The van der Waals surface area contributed by atoms with E-state index in [9.17, 15) is 4.79 Å². The van der Waals surface area contributed by atoms with Crippen molar-refractivity contribution in [2.45, 2.75) is 30.5 Å². The Labute approximate surface area is 128 Å². The molecule has 112 valence electrons. The number of benzene rings is 1. The number of hydrogen-bond donors (Lipinski definition) is 0. The highest BCUT2D eigenvalue weighted by Crippen LogP contribution is 2.46. The van der Waals surface area contributed by atoms with Crippen LogP contribution in [0.5, 0.6) is 0 Å². The molecule has 4 rings (SSSR count). The second-order valence-corrected chi connectivity index (χ2v) is 7.68. The van der Waals surface area contributed by atoms with Gasteiger partial charge in [0.1, 0.15) is 0 Å². The number of carbonyl (C=O) groups excluding carboxylic acids is 1. The van der Waals surface area contributed by atoms with Crippen LogP contribution in [0.2, 0.25) is 0 Å². The molecule has 21 heavy (non-hydrogen) atoms. The van der Waals surface area contributed by atoms with Crippen molar-refractivity contribution in [2.75, 3.05) is 26.0 Å². The van der Waals surface area contributed by atoms with E-state index in [-0.39, 0.29) is 10.7 Å². The Morgan fingerprint density at radius 1 is 1.38 bits per heavy atom. The van der Waals surface area contributed by atoms with Gasteiger partial charge in [0.05, 0.1) is 24.1 Å². The molecule has 1 spiro atoms. The highest BCUT2D eigenvalue weighted by atomic mass is 32.2. The summed E-state index contributed by atoms with van der Waals surface area (Å²) < 4.78 is 11.1. The van der Waals surface area contributed by atoms with E-state index in [1.807, 2.05) is 34.9 Å². The lowest BCUT2D eigenvalue weighted by atomic mass is 9.92. The van der Waals surface area contributed by atoms with Crippen molar-refractivity contribution in [3.05, 3.63) is 34.9 Å². The molecule has 1 aromatic carbocycles. The van der Waals surface area contributed by atoms with Gasteiger partial charge in [-0.25, -0.2) is 0 Å². The topological polar surface area (TPSA) is 38.8 Å². The molecule has 1 atom stereocenters. The Balaban J connectivity index is 1.43. The van der Waals surface area contributed by atoms with Gasteiger partial charge in [-0.3, -0.25) is 4.79 Å². The van der Waals surface area contributed by atoms with Crippen LogP contribution in [0.3, 0.4) is 0 Å². The summed E-state index contributed by atoms with van der Waals surface area (Å²) in [6.45, 7) is 3.01. The van der Waals surface area contributed by atoms with Gasteiger partial charge < -0.3 is 14.4 Å². The molecule has 3 aliphatic rings. The van der Waals surface area contributed by atoms with E-state index in [1.165, 1.54) is 5.56 Å². The Morgan fingerprint density at radius 2 is 2.19 bits per heavy atom. The number of fused-ring (bicyclic) bond motifs is 1.